The van der Waals surface area contributed by atoms with Crippen LogP contribution in [0.4, 0.5) is 0 Å². The largest absolute Gasteiger partial charge is 0.326 e. The third-order valence-corrected chi connectivity index (χ3v) is 14.2. The van der Waals surface area contributed by atoms with Gasteiger partial charge < -0.3 is 11.1 Å². The Morgan fingerprint density at radius 1 is 0.634 bits per heavy atom. The Kier molecular flexibility index (Phi) is 9.45. The van der Waals surface area contributed by atoms with Gasteiger partial charge in [0.2, 0.25) is 0 Å². The molecule has 1 heterocycles. The fraction of sp³-hybridized carbons (Fsp3) is 0.846. The molecule has 2 nitrogen and oxygen atoms in total. The standard InChI is InChI=1S/C39H62N2/c40-38(39-25-26-41-39)14-5-7-27-15-17-29(18-16-27)34-23-24-35(37-12-4-3-11-36(34)37)31-21-19-30(20-22-31)33-13-6-9-28-8-1-2-10-32(28)33/h2,6,10,13,19,21,27-39,41H,1,3-5,7-9,11-12,14-18,20,22-26,40H2. The average molecular weight is 559 g/mol. The van der Waals surface area contributed by atoms with E-state index >= 15 is 0 Å². The van der Waals surface area contributed by atoms with Gasteiger partial charge in [-0.3, -0.25) is 0 Å². The molecule has 6 aliphatic carbocycles. The normalized spacial score (nSPS) is 46.8. The second-order valence-corrected chi connectivity index (χ2v) is 16.1. The van der Waals surface area contributed by atoms with Crippen LogP contribution in [-0.4, -0.2) is 18.6 Å². The lowest BCUT2D eigenvalue weighted by Crippen LogP contribution is -2.54. The Labute approximate surface area is 252 Å². The molecule has 4 fully saturated rings. The third kappa shape index (κ3) is 6.36. The van der Waals surface area contributed by atoms with Crippen molar-refractivity contribution in [1.82, 2.24) is 5.32 Å². The van der Waals surface area contributed by atoms with E-state index in [1.807, 2.05) is 0 Å². The summed E-state index contributed by atoms with van der Waals surface area (Å²) in [7, 11) is 0. The minimum atomic E-state index is 0.397. The fourth-order valence-corrected chi connectivity index (χ4v) is 11.7. The van der Waals surface area contributed by atoms with Crippen LogP contribution in [0.2, 0.25) is 0 Å². The van der Waals surface area contributed by atoms with E-state index in [1.54, 1.807) is 19.3 Å². The van der Waals surface area contributed by atoms with E-state index in [-0.39, 0.29) is 0 Å². The molecule has 11 unspecified atom stereocenters. The van der Waals surface area contributed by atoms with Crippen molar-refractivity contribution in [2.24, 2.45) is 70.8 Å². The van der Waals surface area contributed by atoms with Gasteiger partial charge in [-0.05, 0) is 155 Å². The van der Waals surface area contributed by atoms with Crippen LogP contribution >= 0.6 is 0 Å². The highest BCUT2D eigenvalue weighted by Gasteiger charge is 2.46. The molecule has 0 spiro atoms. The Morgan fingerprint density at radius 3 is 2.12 bits per heavy atom. The summed E-state index contributed by atoms with van der Waals surface area (Å²) in [5.41, 5.74) is 6.43. The molecule has 41 heavy (non-hydrogen) atoms. The van der Waals surface area contributed by atoms with Crippen LogP contribution in [-0.2, 0) is 0 Å². The lowest BCUT2D eigenvalue weighted by molar-refractivity contribution is -0.0103. The first-order chi connectivity index (χ1) is 20.2. The number of allylic oxidation sites excluding steroid dienone is 6. The molecule has 1 aliphatic heterocycles. The van der Waals surface area contributed by atoms with Crippen LogP contribution in [0.3, 0.4) is 0 Å². The van der Waals surface area contributed by atoms with Crippen molar-refractivity contribution >= 4 is 0 Å². The van der Waals surface area contributed by atoms with Crippen LogP contribution in [0.1, 0.15) is 122 Å². The number of nitrogens with two attached hydrogens (primary N) is 1. The Morgan fingerprint density at radius 2 is 1.37 bits per heavy atom. The monoisotopic (exact) mass is 558 g/mol. The molecule has 3 N–H and O–H groups in total. The molecule has 228 valence electrons. The highest BCUT2D eigenvalue weighted by atomic mass is 15.0. The zero-order valence-electron chi connectivity index (χ0n) is 26.2. The van der Waals surface area contributed by atoms with Crippen molar-refractivity contribution in [3.8, 4) is 0 Å². The molecular formula is C39H62N2. The first-order valence-electron chi connectivity index (χ1n) is 18.7. The summed E-state index contributed by atoms with van der Waals surface area (Å²) in [6.07, 6.45) is 43.4. The maximum Gasteiger partial charge on any atom is 0.0231 e. The minimum Gasteiger partial charge on any atom is -0.326 e. The SMILES string of the molecule is NC(CCCC1CCC(C2CCC(C3C=CC(C4C=CCC5CCC=CC54)CC3)C3CCCCC23)CC1)C1CCN1. The molecule has 2 heteroatoms. The second kappa shape index (κ2) is 13.4. The number of hydrogen-bond donors (Lipinski definition) is 2. The van der Waals surface area contributed by atoms with Gasteiger partial charge in [-0.25, -0.2) is 0 Å². The molecule has 7 rings (SSSR count). The van der Waals surface area contributed by atoms with E-state index in [9.17, 15) is 0 Å². The van der Waals surface area contributed by atoms with Crippen molar-refractivity contribution in [1.29, 1.82) is 0 Å². The van der Waals surface area contributed by atoms with Crippen LogP contribution < -0.4 is 11.1 Å². The summed E-state index contributed by atoms with van der Waals surface area (Å²) in [6.45, 7) is 1.18. The number of rotatable bonds is 8. The smallest absolute Gasteiger partial charge is 0.0231 e. The van der Waals surface area contributed by atoms with E-state index < -0.39 is 0 Å². The van der Waals surface area contributed by atoms with Crippen LogP contribution in [0.5, 0.6) is 0 Å². The zero-order chi connectivity index (χ0) is 27.6. The van der Waals surface area contributed by atoms with Gasteiger partial charge in [0, 0.05) is 12.1 Å². The Bertz CT molecular complexity index is 922. The van der Waals surface area contributed by atoms with Gasteiger partial charge in [-0.2, -0.15) is 0 Å². The first kappa shape index (κ1) is 28.9. The topological polar surface area (TPSA) is 38.0 Å². The maximum atomic E-state index is 6.43. The lowest BCUT2D eigenvalue weighted by Gasteiger charge is -2.52. The van der Waals surface area contributed by atoms with Crippen molar-refractivity contribution in [3.05, 3.63) is 36.5 Å². The molecule has 1 saturated heterocycles. The van der Waals surface area contributed by atoms with Gasteiger partial charge in [0.25, 0.3) is 0 Å². The highest BCUT2D eigenvalue weighted by molar-refractivity contribution is 5.16. The predicted molar refractivity (Wildman–Crippen MR) is 173 cm³/mol. The van der Waals surface area contributed by atoms with Gasteiger partial charge in [0.1, 0.15) is 0 Å². The van der Waals surface area contributed by atoms with Gasteiger partial charge in [0.05, 0.1) is 0 Å². The third-order valence-electron chi connectivity index (χ3n) is 14.2. The summed E-state index contributed by atoms with van der Waals surface area (Å²) in [6, 6.07) is 1.01. The van der Waals surface area contributed by atoms with Crippen molar-refractivity contribution < 1.29 is 0 Å². The first-order valence-corrected chi connectivity index (χ1v) is 18.7. The molecule has 11 atom stereocenters. The molecule has 0 bridgehead atoms. The molecule has 3 saturated carbocycles. The highest BCUT2D eigenvalue weighted by Crippen LogP contribution is 2.55. The van der Waals surface area contributed by atoms with Crippen LogP contribution in [0.25, 0.3) is 0 Å². The van der Waals surface area contributed by atoms with Crippen LogP contribution in [0.15, 0.2) is 36.5 Å². The lowest BCUT2D eigenvalue weighted by atomic mass is 9.53. The van der Waals surface area contributed by atoms with E-state index in [2.05, 4.69) is 41.8 Å². The Balaban J connectivity index is 0.916. The van der Waals surface area contributed by atoms with Crippen LogP contribution in [0, 0.1) is 65.1 Å². The molecule has 0 aromatic carbocycles. The minimum absolute atomic E-state index is 0.397. The van der Waals surface area contributed by atoms with Gasteiger partial charge in [-0.15, -0.1) is 0 Å². The van der Waals surface area contributed by atoms with Gasteiger partial charge in [0.15, 0.2) is 0 Å². The summed E-state index contributed by atoms with van der Waals surface area (Å²) in [5.74, 6) is 10.3. The summed E-state index contributed by atoms with van der Waals surface area (Å²) in [4.78, 5) is 0. The average Bonchev–Trinajstić information content (AvgIpc) is 3.00. The summed E-state index contributed by atoms with van der Waals surface area (Å²) >= 11 is 0. The van der Waals surface area contributed by atoms with Crippen molar-refractivity contribution in [2.75, 3.05) is 6.54 Å². The fourth-order valence-electron chi connectivity index (χ4n) is 11.7. The molecular weight excluding hydrogens is 496 g/mol. The van der Waals surface area contributed by atoms with Crippen molar-refractivity contribution in [3.63, 3.8) is 0 Å². The molecule has 0 radical (unpaired) electrons. The van der Waals surface area contributed by atoms with E-state index in [0.29, 0.717) is 12.1 Å². The molecule has 7 aliphatic rings. The number of fused-ring (bicyclic) bond motifs is 2. The summed E-state index contributed by atoms with van der Waals surface area (Å²) in [5, 5.41) is 3.51. The zero-order valence-corrected chi connectivity index (χ0v) is 26.2. The van der Waals surface area contributed by atoms with E-state index in [4.69, 9.17) is 5.73 Å². The maximum absolute atomic E-state index is 6.43. The Hall–Kier alpha value is -0.860. The molecule has 0 aromatic heterocycles. The molecule has 0 amide bonds. The van der Waals surface area contributed by atoms with Gasteiger partial charge in [-0.1, -0.05) is 75.0 Å². The number of nitrogens with one attached hydrogen (secondary N) is 1. The van der Waals surface area contributed by atoms with Gasteiger partial charge >= 0.3 is 0 Å². The van der Waals surface area contributed by atoms with E-state index in [1.165, 1.54) is 109 Å². The van der Waals surface area contributed by atoms with E-state index in [0.717, 1.165) is 65.1 Å². The number of hydrogen-bond acceptors (Lipinski definition) is 2. The quantitative estimate of drug-likeness (QED) is 0.291. The summed E-state index contributed by atoms with van der Waals surface area (Å²) < 4.78 is 0. The predicted octanol–water partition coefficient (Wildman–Crippen LogP) is 9.23. The second-order valence-electron chi connectivity index (χ2n) is 16.1. The molecule has 0 aromatic rings. The van der Waals surface area contributed by atoms with Crippen molar-refractivity contribution in [2.45, 2.75) is 134 Å².